The van der Waals surface area contributed by atoms with Crippen LogP contribution in [0.5, 0.6) is 0 Å². The summed E-state index contributed by atoms with van der Waals surface area (Å²) in [6.45, 7) is 2.24. The van der Waals surface area contributed by atoms with E-state index in [1.807, 2.05) is 18.2 Å². The molecule has 0 atom stereocenters. The van der Waals surface area contributed by atoms with E-state index in [1.165, 1.54) is 32.1 Å². The highest BCUT2D eigenvalue weighted by Crippen LogP contribution is 2.05. The summed E-state index contributed by atoms with van der Waals surface area (Å²) >= 11 is 0. The van der Waals surface area contributed by atoms with E-state index in [9.17, 15) is 0 Å². The minimum atomic E-state index is 1.04. The number of allylic oxidation sites excluding steroid dienone is 5. The van der Waals surface area contributed by atoms with Crippen LogP contribution >= 0.6 is 0 Å². The standard InChI is InChI=1S/C13H22O/c1-2-3-4-5-6-7-8-9-10-11-12-13-14/h8-14H,2-7H2,1H3/b9-8?,11-10+,13-12?. The zero-order valence-electron chi connectivity index (χ0n) is 9.15. The Kier molecular flexibility index (Phi) is 11.2. The molecule has 0 amide bonds. The molecule has 0 heterocycles. The number of aliphatic hydroxyl groups excluding tert-OH is 1. The van der Waals surface area contributed by atoms with Gasteiger partial charge in [0.25, 0.3) is 0 Å². The van der Waals surface area contributed by atoms with E-state index in [4.69, 9.17) is 5.11 Å². The van der Waals surface area contributed by atoms with E-state index >= 15 is 0 Å². The first-order chi connectivity index (χ1) is 6.91. The number of hydrogen-bond donors (Lipinski definition) is 1. The Hall–Kier alpha value is -0.980. The van der Waals surface area contributed by atoms with Gasteiger partial charge in [-0.05, 0) is 18.9 Å². The second-order valence-corrected chi connectivity index (χ2v) is 3.36. The lowest BCUT2D eigenvalue weighted by Gasteiger charge is -1.95. The van der Waals surface area contributed by atoms with Crippen LogP contribution in [-0.4, -0.2) is 5.11 Å². The van der Waals surface area contributed by atoms with E-state index in [1.54, 1.807) is 6.08 Å². The van der Waals surface area contributed by atoms with Crippen LogP contribution in [0.2, 0.25) is 0 Å². The molecule has 0 saturated carbocycles. The van der Waals surface area contributed by atoms with Crippen molar-refractivity contribution in [3.63, 3.8) is 0 Å². The van der Waals surface area contributed by atoms with Gasteiger partial charge in [0.05, 0.1) is 6.26 Å². The Morgan fingerprint density at radius 2 is 1.57 bits per heavy atom. The van der Waals surface area contributed by atoms with Crippen molar-refractivity contribution in [2.24, 2.45) is 0 Å². The summed E-state index contributed by atoms with van der Waals surface area (Å²) in [4.78, 5) is 0. The number of hydrogen-bond acceptors (Lipinski definition) is 1. The van der Waals surface area contributed by atoms with Crippen molar-refractivity contribution >= 4 is 0 Å². The first-order valence-electron chi connectivity index (χ1n) is 5.54. The summed E-state index contributed by atoms with van der Waals surface area (Å²) in [7, 11) is 0. The van der Waals surface area contributed by atoms with Gasteiger partial charge in [-0.2, -0.15) is 0 Å². The third-order valence-corrected chi connectivity index (χ3v) is 2.03. The molecule has 14 heavy (non-hydrogen) atoms. The van der Waals surface area contributed by atoms with E-state index in [0.717, 1.165) is 12.7 Å². The molecule has 0 rings (SSSR count). The van der Waals surface area contributed by atoms with Crippen molar-refractivity contribution in [2.75, 3.05) is 0 Å². The second kappa shape index (κ2) is 12.0. The lowest BCUT2D eigenvalue weighted by Crippen LogP contribution is -1.75. The molecule has 0 aliphatic rings. The number of unbranched alkanes of at least 4 members (excludes halogenated alkanes) is 5. The van der Waals surface area contributed by atoms with Crippen LogP contribution in [0.4, 0.5) is 0 Å². The average molecular weight is 194 g/mol. The molecule has 0 unspecified atom stereocenters. The van der Waals surface area contributed by atoms with Gasteiger partial charge in [0, 0.05) is 0 Å². The predicted molar refractivity (Wildman–Crippen MR) is 63.4 cm³/mol. The monoisotopic (exact) mass is 194 g/mol. The number of rotatable bonds is 8. The lowest BCUT2D eigenvalue weighted by molar-refractivity contribution is 0.474. The summed E-state index contributed by atoms with van der Waals surface area (Å²) in [5.41, 5.74) is 0. The highest BCUT2D eigenvalue weighted by molar-refractivity contribution is 5.09. The van der Waals surface area contributed by atoms with Crippen LogP contribution in [0.3, 0.4) is 0 Å². The SMILES string of the molecule is CCCCCCCC=C/C=C/C=CO. The molecule has 0 aliphatic carbocycles. The first-order valence-corrected chi connectivity index (χ1v) is 5.54. The van der Waals surface area contributed by atoms with Crippen LogP contribution in [-0.2, 0) is 0 Å². The van der Waals surface area contributed by atoms with Crippen LogP contribution in [0, 0.1) is 0 Å². The Morgan fingerprint density at radius 3 is 2.29 bits per heavy atom. The topological polar surface area (TPSA) is 20.2 Å². The highest BCUT2D eigenvalue weighted by atomic mass is 16.2. The van der Waals surface area contributed by atoms with Gasteiger partial charge in [-0.15, -0.1) is 0 Å². The fraction of sp³-hybridized carbons (Fsp3) is 0.538. The van der Waals surface area contributed by atoms with Crippen molar-refractivity contribution in [2.45, 2.75) is 45.4 Å². The van der Waals surface area contributed by atoms with Crippen molar-refractivity contribution in [3.8, 4) is 0 Å². The first kappa shape index (κ1) is 13.0. The van der Waals surface area contributed by atoms with Crippen molar-refractivity contribution < 1.29 is 5.11 Å². The summed E-state index contributed by atoms with van der Waals surface area (Å²) in [5, 5.41) is 8.33. The molecular weight excluding hydrogens is 172 g/mol. The summed E-state index contributed by atoms with van der Waals surface area (Å²) in [6.07, 6.45) is 18.4. The van der Waals surface area contributed by atoms with Gasteiger partial charge in [0.2, 0.25) is 0 Å². The lowest BCUT2D eigenvalue weighted by atomic mass is 10.1. The minimum absolute atomic E-state index is 1.04. The predicted octanol–water partition coefficient (Wildman–Crippen LogP) is 4.53. The molecule has 1 N–H and O–H groups in total. The second-order valence-electron chi connectivity index (χ2n) is 3.36. The maximum Gasteiger partial charge on any atom is 0.0791 e. The molecule has 0 aliphatic heterocycles. The van der Waals surface area contributed by atoms with Gasteiger partial charge >= 0.3 is 0 Å². The van der Waals surface area contributed by atoms with E-state index in [2.05, 4.69) is 13.0 Å². The average Bonchev–Trinajstić information content (AvgIpc) is 2.21. The van der Waals surface area contributed by atoms with Crippen LogP contribution in [0.25, 0.3) is 0 Å². The van der Waals surface area contributed by atoms with E-state index < -0.39 is 0 Å². The van der Waals surface area contributed by atoms with Crippen molar-refractivity contribution in [1.82, 2.24) is 0 Å². The molecule has 0 saturated heterocycles. The van der Waals surface area contributed by atoms with Gasteiger partial charge in [0.15, 0.2) is 0 Å². The van der Waals surface area contributed by atoms with Crippen molar-refractivity contribution in [1.29, 1.82) is 0 Å². The molecule has 0 fully saturated rings. The quantitative estimate of drug-likeness (QED) is 0.342. The molecule has 80 valence electrons. The highest BCUT2D eigenvalue weighted by Gasteiger charge is 1.85. The van der Waals surface area contributed by atoms with E-state index in [0.29, 0.717) is 0 Å². The maximum atomic E-state index is 8.33. The molecule has 0 aromatic heterocycles. The molecule has 0 aromatic carbocycles. The normalized spacial score (nSPS) is 12.4. The van der Waals surface area contributed by atoms with Gasteiger partial charge in [0.1, 0.15) is 0 Å². The zero-order valence-corrected chi connectivity index (χ0v) is 9.15. The van der Waals surface area contributed by atoms with Gasteiger partial charge in [-0.1, -0.05) is 56.9 Å². The van der Waals surface area contributed by atoms with Crippen LogP contribution in [0.15, 0.2) is 36.6 Å². The van der Waals surface area contributed by atoms with Gasteiger partial charge < -0.3 is 5.11 Å². The van der Waals surface area contributed by atoms with E-state index in [-0.39, 0.29) is 0 Å². The molecule has 0 aromatic rings. The zero-order chi connectivity index (χ0) is 10.5. The summed E-state index contributed by atoms with van der Waals surface area (Å²) < 4.78 is 0. The fourth-order valence-electron chi connectivity index (χ4n) is 1.22. The van der Waals surface area contributed by atoms with Crippen LogP contribution < -0.4 is 0 Å². The fourth-order valence-corrected chi connectivity index (χ4v) is 1.22. The Bertz CT molecular complexity index is 178. The maximum absolute atomic E-state index is 8.33. The van der Waals surface area contributed by atoms with Gasteiger partial charge in [-0.25, -0.2) is 0 Å². The Labute approximate surface area is 87.8 Å². The third-order valence-electron chi connectivity index (χ3n) is 2.03. The minimum Gasteiger partial charge on any atom is -0.516 e. The van der Waals surface area contributed by atoms with Gasteiger partial charge in [-0.3, -0.25) is 0 Å². The largest absolute Gasteiger partial charge is 0.516 e. The molecular formula is C13H22O. The van der Waals surface area contributed by atoms with Crippen molar-refractivity contribution in [3.05, 3.63) is 36.6 Å². The molecule has 1 heteroatoms. The van der Waals surface area contributed by atoms with Crippen LogP contribution in [0.1, 0.15) is 45.4 Å². The molecule has 0 bridgehead atoms. The summed E-state index contributed by atoms with van der Waals surface area (Å²) in [6, 6.07) is 0. The molecule has 0 radical (unpaired) electrons. The molecule has 0 spiro atoms. The summed E-state index contributed by atoms with van der Waals surface area (Å²) in [5.74, 6) is 0. The Balaban J connectivity index is 3.18. The number of aliphatic hydroxyl groups is 1. The third kappa shape index (κ3) is 11.0. The molecule has 1 nitrogen and oxygen atoms in total. The smallest absolute Gasteiger partial charge is 0.0791 e. The Morgan fingerprint density at radius 1 is 0.857 bits per heavy atom.